The average Bonchev–Trinajstić information content (AvgIpc) is 3.87. The third-order valence-electron chi connectivity index (χ3n) is 11.1. The van der Waals surface area contributed by atoms with E-state index >= 15 is 0 Å². The van der Waals surface area contributed by atoms with Gasteiger partial charge in [-0.15, -0.1) is 0 Å². The van der Waals surface area contributed by atoms with E-state index in [0.29, 0.717) is 0 Å². The Morgan fingerprint density at radius 1 is 0.298 bits per heavy atom. The predicted molar refractivity (Wildman–Crippen MR) is 237 cm³/mol. The van der Waals surface area contributed by atoms with Gasteiger partial charge in [-0.2, -0.15) is 0 Å². The number of nitrogens with zero attached hydrogens (tertiary/aromatic N) is 1. The van der Waals surface area contributed by atoms with Crippen molar-refractivity contribution in [1.29, 1.82) is 0 Å². The first-order valence-electron chi connectivity index (χ1n) is 19.3. The van der Waals surface area contributed by atoms with Gasteiger partial charge in [0.15, 0.2) is 0 Å². The van der Waals surface area contributed by atoms with Gasteiger partial charge in [0, 0.05) is 33.0 Å². The molecular weight excluding hydrogens is 695 g/mol. The van der Waals surface area contributed by atoms with Crippen LogP contribution in [0.15, 0.2) is 221 Å². The maximum atomic E-state index is 6.47. The van der Waals surface area contributed by atoms with Crippen molar-refractivity contribution in [2.75, 3.05) is 4.90 Å². The second kappa shape index (κ2) is 13.6. The summed E-state index contributed by atoms with van der Waals surface area (Å²) >= 11 is 0. The van der Waals surface area contributed by atoms with Gasteiger partial charge in [0.05, 0.1) is 16.8 Å². The molecule has 268 valence electrons. The lowest BCUT2D eigenvalue weighted by atomic mass is 9.94. The first-order chi connectivity index (χ1) is 28.3. The minimum absolute atomic E-state index is 0.851. The van der Waals surface area contributed by atoms with Crippen LogP contribution in [0.1, 0.15) is 0 Å². The highest BCUT2D eigenvalue weighted by molar-refractivity contribution is 6.14. The molecule has 0 N–H and O–H groups in total. The van der Waals surface area contributed by atoms with Crippen LogP contribution in [0.4, 0.5) is 17.1 Å². The van der Waals surface area contributed by atoms with Crippen molar-refractivity contribution in [3.63, 3.8) is 0 Å². The molecule has 11 aromatic rings. The van der Waals surface area contributed by atoms with Gasteiger partial charge in [-0.05, 0) is 75.8 Å². The van der Waals surface area contributed by atoms with E-state index in [0.717, 1.165) is 94.3 Å². The molecule has 0 atom stereocenters. The van der Waals surface area contributed by atoms with Crippen LogP contribution in [-0.2, 0) is 0 Å². The zero-order valence-electron chi connectivity index (χ0n) is 31.0. The molecule has 11 rings (SSSR count). The number of para-hydroxylation sites is 3. The molecule has 2 aromatic heterocycles. The van der Waals surface area contributed by atoms with E-state index in [4.69, 9.17) is 8.83 Å². The number of hydrogen-bond acceptors (Lipinski definition) is 3. The Labute approximate surface area is 330 Å². The van der Waals surface area contributed by atoms with Crippen molar-refractivity contribution in [3.8, 4) is 44.5 Å². The Morgan fingerprint density at radius 3 is 1.56 bits per heavy atom. The Morgan fingerprint density at radius 2 is 0.825 bits per heavy atom. The lowest BCUT2D eigenvalue weighted by molar-refractivity contribution is 0.669. The van der Waals surface area contributed by atoms with Crippen LogP contribution in [-0.4, -0.2) is 0 Å². The first kappa shape index (κ1) is 32.8. The number of furan rings is 2. The third kappa shape index (κ3) is 5.68. The largest absolute Gasteiger partial charge is 0.456 e. The van der Waals surface area contributed by atoms with Gasteiger partial charge in [0.1, 0.15) is 22.3 Å². The molecule has 9 aromatic carbocycles. The van der Waals surface area contributed by atoms with Gasteiger partial charge in [-0.3, -0.25) is 0 Å². The maximum absolute atomic E-state index is 6.47. The van der Waals surface area contributed by atoms with Gasteiger partial charge in [0.2, 0.25) is 0 Å². The van der Waals surface area contributed by atoms with Crippen molar-refractivity contribution in [2.24, 2.45) is 0 Å². The lowest BCUT2D eigenvalue weighted by Gasteiger charge is -2.29. The van der Waals surface area contributed by atoms with Crippen molar-refractivity contribution < 1.29 is 8.83 Å². The zero-order chi connectivity index (χ0) is 37.7. The van der Waals surface area contributed by atoms with Crippen molar-refractivity contribution >= 4 is 60.9 Å². The summed E-state index contributed by atoms with van der Waals surface area (Å²) in [7, 11) is 0. The molecule has 2 heterocycles. The molecule has 3 heteroatoms. The molecule has 0 aliphatic rings. The Kier molecular flexibility index (Phi) is 7.82. The number of rotatable bonds is 7. The molecule has 0 amide bonds. The SMILES string of the molecule is c1ccc(-c2ccc(N(c3cc(-c4ccccc4)ccc3-c3ccc(-c4cccc5c4oc4ccccc45)cc3)c3cccc4oc5ccccc5c34)cc2)cc1. The van der Waals surface area contributed by atoms with Gasteiger partial charge in [-0.1, -0.05) is 170 Å². The van der Waals surface area contributed by atoms with Crippen LogP contribution in [0.25, 0.3) is 88.4 Å². The van der Waals surface area contributed by atoms with Crippen molar-refractivity contribution in [1.82, 2.24) is 0 Å². The van der Waals surface area contributed by atoms with Crippen LogP contribution >= 0.6 is 0 Å². The quantitative estimate of drug-likeness (QED) is 0.164. The molecule has 0 spiro atoms. The number of fused-ring (bicyclic) bond motifs is 6. The second-order valence-corrected chi connectivity index (χ2v) is 14.5. The number of hydrogen-bond donors (Lipinski definition) is 0. The summed E-state index contributed by atoms with van der Waals surface area (Å²) < 4.78 is 12.9. The lowest BCUT2D eigenvalue weighted by Crippen LogP contribution is -2.12. The summed E-state index contributed by atoms with van der Waals surface area (Å²) in [5, 5.41) is 4.41. The van der Waals surface area contributed by atoms with E-state index in [9.17, 15) is 0 Å². The summed E-state index contributed by atoms with van der Waals surface area (Å²) in [5.41, 5.74) is 15.7. The standard InChI is InChI=1S/C54H35NO2/c1-3-13-36(14-4-1)38-29-32-42(33-30-38)55(48-21-12-24-52-53(48)47-18-8-10-23-51(47)56-52)49-35-41(37-15-5-2-6-16-37)31-34-43(49)39-25-27-40(28-26-39)44-19-11-20-46-45-17-7-9-22-50(45)57-54(44)46/h1-35H. The van der Waals surface area contributed by atoms with E-state index in [2.05, 4.69) is 193 Å². The first-order valence-corrected chi connectivity index (χ1v) is 19.3. The topological polar surface area (TPSA) is 29.5 Å². The molecule has 0 saturated carbocycles. The summed E-state index contributed by atoms with van der Waals surface area (Å²) in [6.45, 7) is 0. The molecule has 0 fully saturated rings. The third-order valence-corrected chi connectivity index (χ3v) is 11.1. The Bertz CT molecular complexity index is 3210. The predicted octanol–water partition coefficient (Wildman–Crippen LogP) is 15.6. The molecule has 0 radical (unpaired) electrons. The smallest absolute Gasteiger partial charge is 0.143 e. The zero-order valence-corrected chi connectivity index (χ0v) is 31.0. The van der Waals surface area contributed by atoms with Crippen molar-refractivity contribution in [2.45, 2.75) is 0 Å². The van der Waals surface area contributed by atoms with Gasteiger partial charge in [0.25, 0.3) is 0 Å². The highest BCUT2D eigenvalue weighted by atomic mass is 16.3. The maximum Gasteiger partial charge on any atom is 0.143 e. The minimum atomic E-state index is 0.851. The monoisotopic (exact) mass is 729 g/mol. The van der Waals surface area contributed by atoms with Crippen LogP contribution in [0.5, 0.6) is 0 Å². The Hall–Kier alpha value is -7.62. The number of anilines is 3. The summed E-state index contributed by atoms with van der Waals surface area (Å²) in [5.74, 6) is 0. The normalized spacial score (nSPS) is 11.5. The second-order valence-electron chi connectivity index (χ2n) is 14.5. The van der Waals surface area contributed by atoms with Gasteiger partial charge < -0.3 is 13.7 Å². The highest BCUT2D eigenvalue weighted by Gasteiger charge is 2.23. The molecule has 0 aliphatic carbocycles. The van der Waals surface area contributed by atoms with E-state index in [1.54, 1.807) is 0 Å². The molecule has 3 nitrogen and oxygen atoms in total. The fourth-order valence-electron chi connectivity index (χ4n) is 8.36. The van der Waals surface area contributed by atoms with Crippen LogP contribution < -0.4 is 4.90 Å². The van der Waals surface area contributed by atoms with Crippen LogP contribution in [0, 0.1) is 0 Å². The molecular formula is C54H35NO2. The van der Waals surface area contributed by atoms with Gasteiger partial charge >= 0.3 is 0 Å². The van der Waals surface area contributed by atoms with E-state index < -0.39 is 0 Å². The summed E-state index contributed by atoms with van der Waals surface area (Å²) in [4.78, 5) is 2.41. The van der Waals surface area contributed by atoms with Gasteiger partial charge in [-0.25, -0.2) is 0 Å². The molecule has 0 bridgehead atoms. The van der Waals surface area contributed by atoms with E-state index in [1.807, 2.05) is 24.3 Å². The van der Waals surface area contributed by atoms with Crippen molar-refractivity contribution in [3.05, 3.63) is 212 Å². The fourth-order valence-corrected chi connectivity index (χ4v) is 8.36. The van der Waals surface area contributed by atoms with Crippen LogP contribution in [0.2, 0.25) is 0 Å². The molecule has 0 saturated heterocycles. The highest BCUT2D eigenvalue weighted by Crippen LogP contribution is 2.47. The summed E-state index contributed by atoms with van der Waals surface area (Å²) in [6, 6.07) is 75.2. The Balaban J connectivity index is 1.12. The fraction of sp³-hybridized carbons (Fsp3) is 0. The van der Waals surface area contributed by atoms with E-state index in [-0.39, 0.29) is 0 Å². The molecule has 0 unspecified atom stereocenters. The molecule has 0 aliphatic heterocycles. The molecule has 57 heavy (non-hydrogen) atoms. The van der Waals surface area contributed by atoms with E-state index in [1.165, 1.54) is 11.1 Å². The minimum Gasteiger partial charge on any atom is -0.456 e. The summed E-state index contributed by atoms with van der Waals surface area (Å²) in [6.07, 6.45) is 0. The number of benzene rings is 9. The average molecular weight is 730 g/mol. The van der Waals surface area contributed by atoms with Crippen LogP contribution in [0.3, 0.4) is 0 Å².